The van der Waals surface area contributed by atoms with Gasteiger partial charge < -0.3 is 14.6 Å². The summed E-state index contributed by atoms with van der Waals surface area (Å²) in [5.74, 6) is 0.234. The molecular weight excluding hydrogens is 482 g/mol. The van der Waals surface area contributed by atoms with Crippen LogP contribution in [0.15, 0.2) is 36.4 Å². The Morgan fingerprint density at radius 2 is 1.86 bits per heavy atom. The molecule has 0 fully saturated rings. The minimum Gasteiger partial charge on any atom is -0.478 e. The van der Waals surface area contributed by atoms with Gasteiger partial charge in [-0.05, 0) is 41.2 Å². The van der Waals surface area contributed by atoms with Gasteiger partial charge in [-0.1, -0.05) is 69.1 Å². The highest BCUT2D eigenvalue weighted by Crippen LogP contribution is 2.28. The van der Waals surface area contributed by atoms with Crippen LogP contribution in [-0.2, 0) is 24.3 Å². The van der Waals surface area contributed by atoms with Crippen molar-refractivity contribution in [2.75, 3.05) is 7.05 Å². The van der Waals surface area contributed by atoms with Crippen molar-refractivity contribution >= 4 is 46.9 Å². The van der Waals surface area contributed by atoms with Crippen LogP contribution in [0.2, 0.25) is 5.15 Å². The van der Waals surface area contributed by atoms with Crippen LogP contribution < -0.4 is 0 Å². The summed E-state index contributed by atoms with van der Waals surface area (Å²) >= 11 is 11.2. The van der Waals surface area contributed by atoms with Crippen molar-refractivity contribution in [3.05, 3.63) is 64.2 Å². The number of hydrogen-bond acceptors (Lipinski definition) is 4. The number of amides is 1. The maximum atomic E-state index is 12.9. The molecule has 8 heteroatoms. The molecule has 35 heavy (non-hydrogen) atoms. The number of aromatic carboxylic acids is 1. The molecule has 1 unspecified atom stereocenters. The summed E-state index contributed by atoms with van der Waals surface area (Å²) in [5.41, 5.74) is 2.01. The van der Waals surface area contributed by atoms with Gasteiger partial charge in [0.15, 0.2) is 5.15 Å². The second-order valence-corrected chi connectivity index (χ2v) is 10.4. The molecule has 0 aliphatic rings. The van der Waals surface area contributed by atoms with Gasteiger partial charge in [0.2, 0.25) is 5.91 Å². The Hall–Kier alpha value is -2.51. The number of aromatic nitrogens is 2. The van der Waals surface area contributed by atoms with Gasteiger partial charge in [0.05, 0.1) is 23.1 Å². The molecule has 0 aliphatic heterocycles. The number of carbonyl (C=O) groups excluding carboxylic acids is 1. The molecule has 1 aromatic heterocycles. The predicted molar refractivity (Wildman–Crippen MR) is 145 cm³/mol. The van der Waals surface area contributed by atoms with Gasteiger partial charge >= 0.3 is 5.97 Å². The number of carboxylic acid groups (broad SMARTS) is 1. The first-order valence-electron chi connectivity index (χ1n) is 12.0. The van der Waals surface area contributed by atoms with Gasteiger partial charge in [-0.2, -0.15) is 12.6 Å². The first kappa shape index (κ1) is 27.1. The van der Waals surface area contributed by atoms with Crippen molar-refractivity contribution < 1.29 is 14.7 Å². The third kappa shape index (κ3) is 6.39. The second-order valence-electron chi connectivity index (χ2n) is 9.42. The summed E-state index contributed by atoms with van der Waals surface area (Å²) < 4.78 is 2.08. The molecule has 2 aromatic carbocycles. The molecule has 1 atom stereocenters. The molecule has 1 N–H and O–H groups in total. The Balaban J connectivity index is 2.01. The van der Waals surface area contributed by atoms with Crippen LogP contribution in [0.3, 0.4) is 0 Å². The fourth-order valence-corrected chi connectivity index (χ4v) is 5.21. The van der Waals surface area contributed by atoms with E-state index >= 15 is 0 Å². The van der Waals surface area contributed by atoms with Crippen molar-refractivity contribution in [1.82, 2.24) is 14.5 Å². The number of imidazole rings is 1. The van der Waals surface area contributed by atoms with Crippen LogP contribution in [0, 0.1) is 5.92 Å². The summed E-state index contributed by atoms with van der Waals surface area (Å²) in [4.78, 5) is 31.0. The zero-order valence-electron chi connectivity index (χ0n) is 20.8. The Kier molecular flexibility index (Phi) is 9.25. The quantitative estimate of drug-likeness (QED) is 0.303. The monoisotopic (exact) mass is 515 g/mol. The van der Waals surface area contributed by atoms with Gasteiger partial charge in [-0.25, -0.2) is 9.78 Å². The maximum Gasteiger partial charge on any atom is 0.336 e. The van der Waals surface area contributed by atoms with Crippen molar-refractivity contribution in [1.29, 1.82) is 0 Å². The fraction of sp³-hybridized carbons (Fsp3) is 0.444. The molecule has 1 heterocycles. The Morgan fingerprint density at radius 1 is 1.17 bits per heavy atom. The fourth-order valence-electron chi connectivity index (χ4n) is 4.33. The van der Waals surface area contributed by atoms with E-state index in [0.717, 1.165) is 41.7 Å². The predicted octanol–water partition coefficient (Wildman–Crippen LogP) is 6.08. The lowest BCUT2D eigenvalue weighted by atomic mass is 9.99. The molecule has 0 bridgehead atoms. The van der Waals surface area contributed by atoms with Crippen LogP contribution in [0.4, 0.5) is 0 Å². The summed E-state index contributed by atoms with van der Waals surface area (Å²) in [6.07, 6.45) is 3.45. The van der Waals surface area contributed by atoms with Gasteiger partial charge in [0.1, 0.15) is 5.82 Å². The Morgan fingerprint density at radius 3 is 2.49 bits per heavy atom. The summed E-state index contributed by atoms with van der Waals surface area (Å²) in [7, 11) is 1.77. The third-order valence-electron chi connectivity index (χ3n) is 6.17. The van der Waals surface area contributed by atoms with Gasteiger partial charge in [0.25, 0.3) is 0 Å². The molecule has 0 spiro atoms. The van der Waals surface area contributed by atoms with Crippen molar-refractivity contribution in [2.24, 2.45) is 5.92 Å². The highest BCUT2D eigenvalue weighted by Gasteiger charge is 2.24. The first-order valence-corrected chi connectivity index (χ1v) is 12.9. The van der Waals surface area contributed by atoms with E-state index in [1.807, 2.05) is 30.3 Å². The molecular formula is C27H34ClN3O3S. The van der Waals surface area contributed by atoms with Crippen LogP contribution in [0.5, 0.6) is 0 Å². The van der Waals surface area contributed by atoms with Crippen LogP contribution >= 0.6 is 24.2 Å². The van der Waals surface area contributed by atoms with E-state index in [1.54, 1.807) is 18.0 Å². The average molecular weight is 516 g/mol. The number of aryl methyl sites for hydroxylation is 1. The lowest BCUT2D eigenvalue weighted by Crippen LogP contribution is -2.34. The van der Waals surface area contributed by atoms with Gasteiger partial charge in [0, 0.05) is 20.0 Å². The molecule has 0 radical (unpaired) electrons. The lowest BCUT2D eigenvalue weighted by molar-refractivity contribution is -0.130. The molecule has 6 nitrogen and oxygen atoms in total. The smallest absolute Gasteiger partial charge is 0.336 e. The highest BCUT2D eigenvalue weighted by atomic mass is 35.5. The van der Waals surface area contributed by atoms with E-state index in [-0.39, 0.29) is 16.7 Å². The van der Waals surface area contributed by atoms with Crippen molar-refractivity contribution in [3.8, 4) is 0 Å². The average Bonchev–Trinajstić information content (AvgIpc) is 3.10. The Bertz CT molecular complexity index is 1210. The minimum absolute atomic E-state index is 0.0442. The molecule has 0 saturated carbocycles. The van der Waals surface area contributed by atoms with E-state index in [1.165, 1.54) is 0 Å². The molecule has 3 aromatic rings. The maximum absolute atomic E-state index is 12.9. The topological polar surface area (TPSA) is 75.4 Å². The number of thiol groups is 1. The van der Waals surface area contributed by atoms with Gasteiger partial charge in [-0.15, -0.1) is 0 Å². The highest BCUT2D eigenvalue weighted by molar-refractivity contribution is 7.81. The van der Waals surface area contributed by atoms with E-state index in [2.05, 4.69) is 43.0 Å². The summed E-state index contributed by atoms with van der Waals surface area (Å²) in [5, 5.41) is 11.2. The van der Waals surface area contributed by atoms with E-state index in [9.17, 15) is 14.7 Å². The van der Waals surface area contributed by atoms with Crippen LogP contribution in [0.1, 0.15) is 67.5 Å². The number of carbonyl (C=O) groups is 2. The minimum atomic E-state index is -0.953. The van der Waals surface area contributed by atoms with E-state index in [0.29, 0.717) is 36.0 Å². The number of benzene rings is 2. The van der Waals surface area contributed by atoms with E-state index in [4.69, 9.17) is 11.6 Å². The number of rotatable bonds is 11. The largest absolute Gasteiger partial charge is 0.478 e. The molecule has 3 rings (SSSR count). The molecule has 0 saturated heterocycles. The molecule has 1 amide bonds. The molecule has 188 valence electrons. The SMILES string of the molecule is CCCCc1nc(Cl)c(CN(C)C(=O)C(S)CC(C)C)n1Cc1ccc(C(=O)O)c2ccccc12. The standard InChI is InChI=1S/C27H34ClN3O3S/c1-5-6-11-24-29-25(28)22(16-30(4)26(32)23(35)14-17(2)3)31(24)15-18-12-13-21(27(33)34)20-10-8-7-9-19(18)20/h7-10,12-13,17,23,35H,5-6,11,14-16H2,1-4H3,(H,33,34). The lowest BCUT2D eigenvalue weighted by Gasteiger charge is -2.23. The second kappa shape index (κ2) is 12.0. The molecule has 0 aliphatic carbocycles. The number of halogens is 1. The number of nitrogens with zero attached hydrogens (tertiary/aromatic N) is 3. The van der Waals surface area contributed by atoms with E-state index < -0.39 is 5.97 Å². The van der Waals surface area contributed by atoms with Gasteiger partial charge in [-0.3, -0.25) is 4.79 Å². The Labute approximate surface area is 217 Å². The summed E-state index contributed by atoms with van der Waals surface area (Å²) in [6, 6.07) is 11.0. The normalized spacial score (nSPS) is 12.3. The van der Waals surface area contributed by atoms with Crippen molar-refractivity contribution in [2.45, 2.75) is 64.8 Å². The first-order chi connectivity index (χ1) is 16.6. The summed E-state index contributed by atoms with van der Waals surface area (Å²) in [6.45, 7) is 7.07. The number of fused-ring (bicyclic) bond motifs is 1. The van der Waals surface area contributed by atoms with Crippen molar-refractivity contribution in [3.63, 3.8) is 0 Å². The zero-order chi connectivity index (χ0) is 25.7. The number of hydrogen-bond donors (Lipinski definition) is 2. The van der Waals surface area contributed by atoms with Crippen LogP contribution in [-0.4, -0.2) is 43.7 Å². The number of carboxylic acids is 1. The zero-order valence-corrected chi connectivity index (χ0v) is 22.4. The number of unbranched alkanes of at least 4 members (excludes halogenated alkanes) is 1. The third-order valence-corrected chi connectivity index (χ3v) is 6.91. The van der Waals surface area contributed by atoms with Crippen LogP contribution in [0.25, 0.3) is 10.8 Å².